The fraction of sp³-hybridized carbons (Fsp3) is 0.500. The molecule has 3 nitrogen and oxygen atoms in total. The molecule has 0 spiro atoms. The van der Waals surface area contributed by atoms with E-state index >= 15 is 0 Å². The van der Waals surface area contributed by atoms with Crippen LogP contribution in [-0.4, -0.2) is 20.4 Å². The first-order chi connectivity index (χ1) is 5.59. The highest BCUT2D eigenvalue weighted by Crippen LogP contribution is 2.02. The summed E-state index contributed by atoms with van der Waals surface area (Å²) in [5, 5.41) is 0. The quantitative estimate of drug-likeness (QED) is 0.688. The van der Waals surface area contributed by atoms with E-state index in [-0.39, 0.29) is 0 Å². The third kappa shape index (κ3) is 2.37. The molecule has 66 valence electrons. The van der Waals surface area contributed by atoms with Crippen LogP contribution in [0.4, 0.5) is 0 Å². The molecule has 1 aromatic rings. The van der Waals surface area contributed by atoms with Crippen LogP contribution in [0, 0.1) is 13.8 Å². The van der Waals surface area contributed by atoms with E-state index in [0.29, 0.717) is 11.6 Å². The summed E-state index contributed by atoms with van der Waals surface area (Å²) in [7, 11) is -0.856. The van der Waals surface area contributed by atoms with Crippen LogP contribution in [0.5, 0.6) is 0 Å². The summed E-state index contributed by atoms with van der Waals surface area (Å²) >= 11 is 0. The Bertz CT molecular complexity index is 312. The zero-order chi connectivity index (χ0) is 9.14. The first-order valence-corrected chi connectivity index (χ1v) is 5.41. The maximum Gasteiger partial charge on any atom is 0.140 e. The van der Waals surface area contributed by atoms with Crippen molar-refractivity contribution in [3.05, 3.63) is 23.3 Å². The Balaban J connectivity index is 2.89. The molecule has 0 bridgehead atoms. The molecule has 0 aromatic carbocycles. The lowest BCUT2D eigenvalue weighted by Gasteiger charge is -2.00. The fourth-order valence-corrected chi connectivity index (χ4v) is 1.33. The van der Waals surface area contributed by atoms with Crippen molar-refractivity contribution in [2.24, 2.45) is 0 Å². The van der Waals surface area contributed by atoms with E-state index in [1.807, 2.05) is 13.8 Å². The van der Waals surface area contributed by atoms with Gasteiger partial charge in [0, 0.05) is 28.9 Å². The Morgan fingerprint density at radius 3 is 2.67 bits per heavy atom. The predicted octanol–water partition coefficient (Wildman–Crippen LogP) is 0.972. The Hall–Kier alpha value is -0.770. The molecule has 0 N–H and O–H groups in total. The highest BCUT2D eigenvalue weighted by Gasteiger charge is 2.01. The van der Waals surface area contributed by atoms with Gasteiger partial charge in [0.1, 0.15) is 5.82 Å². The molecule has 0 aliphatic carbocycles. The van der Waals surface area contributed by atoms with Crippen molar-refractivity contribution in [3.63, 3.8) is 0 Å². The van der Waals surface area contributed by atoms with Gasteiger partial charge in [0.25, 0.3) is 0 Å². The van der Waals surface area contributed by atoms with E-state index in [2.05, 4.69) is 9.97 Å². The number of aryl methyl sites for hydroxylation is 2. The smallest absolute Gasteiger partial charge is 0.140 e. The summed E-state index contributed by atoms with van der Waals surface area (Å²) in [4.78, 5) is 8.28. The average Bonchev–Trinajstić information content (AvgIpc) is 1.96. The van der Waals surface area contributed by atoms with Crippen LogP contribution >= 0.6 is 0 Å². The van der Waals surface area contributed by atoms with E-state index in [0.717, 1.165) is 11.3 Å². The largest absolute Gasteiger partial charge is 0.259 e. The summed E-state index contributed by atoms with van der Waals surface area (Å²) in [6.45, 7) is 3.89. The molecule has 0 aliphatic heterocycles. The van der Waals surface area contributed by atoms with Gasteiger partial charge >= 0.3 is 0 Å². The van der Waals surface area contributed by atoms with Gasteiger partial charge in [-0.05, 0) is 19.4 Å². The Morgan fingerprint density at radius 2 is 2.17 bits per heavy atom. The highest BCUT2D eigenvalue weighted by molar-refractivity contribution is 7.83. The third-order valence-corrected chi connectivity index (χ3v) is 2.27. The molecule has 0 aliphatic rings. The molecule has 4 heteroatoms. The number of nitrogens with zero attached hydrogens (tertiary/aromatic N) is 2. The van der Waals surface area contributed by atoms with Crippen LogP contribution in [-0.2, 0) is 16.6 Å². The van der Waals surface area contributed by atoms with E-state index in [9.17, 15) is 4.21 Å². The lowest BCUT2D eigenvalue weighted by molar-refractivity contribution is 0.685. The SMILES string of the molecule is Cc1cnc(CS(C)=O)nc1C. The molecular formula is C8H12N2OS. The normalized spacial score (nSPS) is 12.9. The third-order valence-electron chi connectivity index (χ3n) is 1.61. The minimum absolute atomic E-state index is 0.446. The van der Waals surface area contributed by atoms with Crippen LogP contribution in [0.1, 0.15) is 17.1 Å². The Labute approximate surface area is 74.7 Å². The van der Waals surface area contributed by atoms with Crippen molar-refractivity contribution >= 4 is 10.8 Å². The second kappa shape index (κ2) is 3.76. The first kappa shape index (κ1) is 9.32. The van der Waals surface area contributed by atoms with E-state index in [1.165, 1.54) is 0 Å². The summed E-state index contributed by atoms with van der Waals surface area (Å²) < 4.78 is 10.8. The van der Waals surface area contributed by atoms with Gasteiger partial charge in [0.05, 0.1) is 5.75 Å². The van der Waals surface area contributed by atoms with Gasteiger partial charge in [0.15, 0.2) is 0 Å². The lowest BCUT2D eigenvalue weighted by atomic mass is 10.3. The molecule has 0 fully saturated rings. The van der Waals surface area contributed by atoms with Crippen LogP contribution < -0.4 is 0 Å². The van der Waals surface area contributed by atoms with E-state index in [1.54, 1.807) is 12.5 Å². The zero-order valence-electron chi connectivity index (χ0n) is 7.50. The van der Waals surface area contributed by atoms with Gasteiger partial charge < -0.3 is 0 Å². The minimum Gasteiger partial charge on any atom is -0.259 e. The monoisotopic (exact) mass is 184 g/mol. The summed E-state index contributed by atoms with van der Waals surface area (Å²) in [6.07, 6.45) is 3.42. The second-order valence-corrected chi connectivity index (χ2v) is 4.21. The second-order valence-electron chi connectivity index (χ2n) is 2.77. The molecule has 1 unspecified atom stereocenters. The van der Waals surface area contributed by atoms with Crippen molar-refractivity contribution in [1.29, 1.82) is 0 Å². The van der Waals surface area contributed by atoms with Crippen LogP contribution in [0.15, 0.2) is 6.20 Å². The molecule has 0 saturated carbocycles. The Kier molecular flexibility index (Phi) is 2.92. The van der Waals surface area contributed by atoms with Crippen LogP contribution in [0.2, 0.25) is 0 Å². The number of rotatable bonds is 2. The van der Waals surface area contributed by atoms with Crippen LogP contribution in [0.3, 0.4) is 0 Å². The Morgan fingerprint density at radius 1 is 1.50 bits per heavy atom. The zero-order valence-corrected chi connectivity index (χ0v) is 8.31. The molecule has 0 radical (unpaired) electrons. The first-order valence-electron chi connectivity index (χ1n) is 3.68. The van der Waals surface area contributed by atoms with Gasteiger partial charge in [-0.1, -0.05) is 0 Å². The highest BCUT2D eigenvalue weighted by atomic mass is 32.2. The van der Waals surface area contributed by atoms with Crippen molar-refractivity contribution < 1.29 is 4.21 Å². The molecule has 1 aromatic heterocycles. The molecule has 0 amide bonds. The molecule has 1 rings (SSSR count). The van der Waals surface area contributed by atoms with Gasteiger partial charge in [-0.3, -0.25) is 4.21 Å². The molecule has 0 saturated heterocycles. The standard InChI is InChI=1S/C8H12N2OS/c1-6-4-9-8(5-12(3)11)10-7(6)2/h4H,5H2,1-3H3. The van der Waals surface area contributed by atoms with Crippen LogP contribution in [0.25, 0.3) is 0 Å². The topological polar surface area (TPSA) is 42.9 Å². The average molecular weight is 184 g/mol. The summed E-state index contributed by atoms with van der Waals surface area (Å²) in [5.41, 5.74) is 2.03. The van der Waals surface area contributed by atoms with E-state index in [4.69, 9.17) is 0 Å². The predicted molar refractivity (Wildman–Crippen MR) is 49.3 cm³/mol. The molecule has 1 atom stereocenters. The van der Waals surface area contributed by atoms with Crippen molar-refractivity contribution in [3.8, 4) is 0 Å². The fourth-order valence-electron chi connectivity index (χ4n) is 0.827. The molecule has 12 heavy (non-hydrogen) atoms. The van der Waals surface area contributed by atoms with Gasteiger partial charge in [-0.25, -0.2) is 9.97 Å². The number of hydrogen-bond donors (Lipinski definition) is 0. The van der Waals surface area contributed by atoms with Gasteiger partial charge in [0.2, 0.25) is 0 Å². The number of hydrogen-bond acceptors (Lipinski definition) is 3. The summed E-state index contributed by atoms with van der Waals surface area (Å²) in [6, 6.07) is 0. The maximum absolute atomic E-state index is 10.8. The van der Waals surface area contributed by atoms with Crippen molar-refractivity contribution in [2.45, 2.75) is 19.6 Å². The lowest BCUT2D eigenvalue weighted by Crippen LogP contribution is -2.01. The van der Waals surface area contributed by atoms with Crippen molar-refractivity contribution in [1.82, 2.24) is 9.97 Å². The molecule has 1 heterocycles. The van der Waals surface area contributed by atoms with Crippen molar-refractivity contribution in [2.75, 3.05) is 6.26 Å². The summed E-state index contributed by atoms with van der Waals surface area (Å²) in [5.74, 6) is 1.11. The minimum atomic E-state index is -0.856. The number of aromatic nitrogens is 2. The van der Waals surface area contributed by atoms with Gasteiger partial charge in [-0.2, -0.15) is 0 Å². The van der Waals surface area contributed by atoms with E-state index < -0.39 is 10.8 Å². The maximum atomic E-state index is 10.8. The molecular weight excluding hydrogens is 172 g/mol. The van der Waals surface area contributed by atoms with Gasteiger partial charge in [-0.15, -0.1) is 0 Å².